The minimum Gasteiger partial charge on any atom is -0.349 e. The maximum atomic E-state index is 12.6. The Balaban J connectivity index is 1.52. The Labute approximate surface area is 137 Å². The molecule has 1 atom stereocenters. The number of hydrogen-bond donors (Lipinski definition) is 2. The fourth-order valence-corrected chi connectivity index (χ4v) is 3.81. The highest BCUT2D eigenvalue weighted by Gasteiger charge is 2.28. The van der Waals surface area contributed by atoms with Crippen LogP contribution in [0.25, 0.3) is 11.4 Å². The van der Waals surface area contributed by atoms with Crippen LogP contribution in [0.3, 0.4) is 0 Å². The van der Waals surface area contributed by atoms with Crippen LogP contribution in [0.2, 0.25) is 0 Å². The molecule has 1 aliphatic rings. The smallest absolute Gasteiger partial charge is 0.233 e. The summed E-state index contributed by atoms with van der Waals surface area (Å²) >= 11 is 1.45. The Hall–Kier alpha value is -2.41. The zero-order valence-electron chi connectivity index (χ0n) is 12.7. The van der Waals surface area contributed by atoms with Crippen LogP contribution in [-0.2, 0) is 18.3 Å². The average molecular weight is 327 g/mol. The van der Waals surface area contributed by atoms with E-state index in [0.29, 0.717) is 5.13 Å². The third-order valence-corrected chi connectivity index (χ3v) is 5.06. The summed E-state index contributed by atoms with van der Waals surface area (Å²) < 4.78 is 2.01. The van der Waals surface area contributed by atoms with Gasteiger partial charge in [0.05, 0.1) is 23.5 Å². The van der Waals surface area contributed by atoms with E-state index in [1.165, 1.54) is 11.3 Å². The first kappa shape index (κ1) is 14.2. The topological polar surface area (TPSA) is 75.6 Å². The predicted octanol–water partition coefficient (Wildman–Crippen LogP) is 2.93. The zero-order chi connectivity index (χ0) is 15.8. The van der Waals surface area contributed by atoms with Gasteiger partial charge in [-0.05, 0) is 31.4 Å². The second kappa shape index (κ2) is 5.66. The van der Waals surface area contributed by atoms with E-state index in [-0.39, 0.29) is 11.8 Å². The third kappa shape index (κ3) is 2.57. The van der Waals surface area contributed by atoms with Gasteiger partial charge in [0, 0.05) is 29.9 Å². The van der Waals surface area contributed by atoms with Gasteiger partial charge in [0.1, 0.15) is 0 Å². The summed E-state index contributed by atoms with van der Waals surface area (Å²) in [5.74, 6) is -0.139. The molecule has 1 amide bonds. The number of aromatic amines is 1. The molecule has 0 aromatic carbocycles. The molecule has 3 aromatic heterocycles. The van der Waals surface area contributed by atoms with Gasteiger partial charge in [-0.15, -0.1) is 11.3 Å². The number of nitrogens with zero attached hydrogens (tertiary/aromatic N) is 3. The van der Waals surface area contributed by atoms with E-state index in [1.807, 2.05) is 35.3 Å². The number of fused-ring (bicyclic) bond motifs is 1. The van der Waals surface area contributed by atoms with Crippen molar-refractivity contribution in [3.8, 4) is 11.4 Å². The average Bonchev–Trinajstić information content (AvgIpc) is 3.26. The lowest BCUT2D eigenvalue weighted by Gasteiger charge is -2.20. The lowest BCUT2D eigenvalue weighted by atomic mass is 9.86. The number of H-pyrrole nitrogens is 1. The van der Waals surface area contributed by atoms with Crippen LogP contribution in [0.15, 0.2) is 29.9 Å². The molecule has 118 valence electrons. The maximum absolute atomic E-state index is 12.6. The van der Waals surface area contributed by atoms with E-state index in [4.69, 9.17) is 0 Å². The molecule has 0 bridgehead atoms. The van der Waals surface area contributed by atoms with E-state index in [0.717, 1.165) is 41.9 Å². The molecular weight excluding hydrogens is 310 g/mol. The normalized spacial score (nSPS) is 17.0. The number of carbonyl (C=O) groups is 1. The molecule has 0 saturated heterocycles. The summed E-state index contributed by atoms with van der Waals surface area (Å²) in [4.78, 5) is 17.1. The van der Waals surface area contributed by atoms with Gasteiger partial charge in [-0.1, -0.05) is 0 Å². The Kier molecular flexibility index (Phi) is 3.49. The first-order valence-corrected chi connectivity index (χ1v) is 8.50. The fourth-order valence-electron chi connectivity index (χ4n) is 3.10. The van der Waals surface area contributed by atoms with Crippen LogP contribution in [-0.4, -0.2) is 25.7 Å². The number of aryl methyl sites for hydroxylation is 2. The van der Waals surface area contributed by atoms with Crippen molar-refractivity contribution in [2.24, 2.45) is 7.05 Å². The maximum Gasteiger partial charge on any atom is 0.233 e. The van der Waals surface area contributed by atoms with Crippen molar-refractivity contribution in [3.63, 3.8) is 0 Å². The second-order valence-corrected chi connectivity index (χ2v) is 6.64. The molecule has 0 unspecified atom stereocenters. The van der Waals surface area contributed by atoms with E-state index in [2.05, 4.69) is 20.5 Å². The Morgan fingerprint density at radius 1 is 1.52 bits per heavy atom. The van der Waals surface area contributed by atoms with Crippen molar-refractivity contribution in [1.29, 1.82) is 0 Å². The van der Waals surface area contributed by atoms with Crippen LogP contribution in [0.4, 0.5) is 5.13 Å². The van der Waals surface area contributed by atoms with Gasteiger partial charge in [-0.2, -0.15) is 5.10 Å². The van der Waals surface area contributed by atoms with Crippen molar-refractivity contribution >= 4 is 22.4 Å². The summed E-state index contributed by atoms with van der Waals surface area (Å²) in [7, 11) is 1.98. The molecule has 7 heteroatoms. The van der Waals surface area contributed by atoms with Crippen LogP contribution in [0.1, 0.15) is 30.0 Å². The number of amides is 1. The number of anilines is 1. The molecule has 0 aliphatic heterocycles. The zero-order valence-corrected chi connectivity index (χ0v) is 13.6. The highest BCUT2D eigenvalue weighted by Crippen LogP contribution is 2.32. The highest BCUT2D eigenvalue weighted by molar-refractivity contribution is 7.14. The number of thiazole rings is 1. The quantitative estimate of drug-likeness (QED) is 0.776. The van der Waals surface area contributed by atoms with Crippen molar-refractivity contribution in [1.82, 2.24) is 19.7 Å². The molecule has 0 radical (unpaired) electrons. The molecule has 0 fully saturated rings. The number of nitrogens with one attached hydrogen (secondary N) is 2. The van der Waals surface area contributed by atoms with Crippen molar-refractivity contribution in [2.45, 2.75) is 25.2 Å². The Bertz CT molecular complexity index is 846. The van der Waals surface area contributed by atoms with Crippen LogP contribution in [0, 0.1) is 0 Å². The van der Waals surface area contributed by atoms with Crippen LogP contribution < -0.4 is 5.32 Å². The lowest BCUT2D eigenvalue weighted by Crippen LogP contribution is -2.24. The summed E-state index contributed by atoms with van der Waals surface area (Å²) in [5.41, 5.74) is 4.02. The Morgan fingerprint density at radius 2 is 2.43 bits per heavy atom. The lowest BCUT2D eigenvalue weighted by molar-refractivity contribution is -0.117. The van der Waals surface area contributed by atoms with Gasteiger partial charge < -0.3 is 9.88 Å². The van der Waals surface area contributed by atoms with Crippen molar-refractivity contribution < 1.29 is 4.79 Å². The molecule has 3 heterocycles. The molecule has 1 aliphatic carbocycles. The van der Waals surface area contributed by atoms with E-state index in [1.54, 1.807) is 6.20 Å². The molecule has 0 saturated carbocycles. The number of hydrogen-bond acceptors (Lipinski definition) is 4. The van der Waals surface area contributed by atoms with Crippen LogP contribution >= 0.6 is 11.3 Å². The second-order valence-electron chi connectivity index (χ2n) is 5.78. The van der Waals surface area contributed by atoms with Gasteiger partial charge in [-0.3, -0.25) is 9.89 Å². The van der Waals surface area contributed by atoms with E-state index in [9.17, 15) is 4.79 Å². The minimum atomic E-state index is -0.139. The monoisotopic (exact) mass is 327 g/mol. The Morgan fingerprint density at radius 3 is 3.26 bits per heavy atom. The third-order valence-electron chi connectivity index (χ3n) is 4.30. The molecule has 2 N–H and O–H groups in total. The van der Waals surface area contributed by atoms with Crippen molar-refractivity contribution in [2.75, 3.05) is 5.32 Å². The summed E-state index contributed by atoms with van der Waals surface area (Å²) in [6.45, 7) is 0. The van der Waals surface area contributed by atoms with Gasteiger partial charge in [0.2, 0.25) is 5.91 Å². The van der Waals surface area contributed by atoms with E-state index >= 15 is 0 Å². The van der Waals surface area contributed by atoms with Crippen LogP contribution in [0.5, 0.6) is 0 Å². The van der Waals surface area contributed by atoms with E-state index < -0.39 is 0 Å². The van der Waals surface area contributed by atoms with Gasteiger partial charge in [-0.25, -0.2) is 4.98 Å². The molecule has 23 heavy (non-hydrogen) atoms. The summed E-state index contributed by atoms with van der Waals surface area (Å²) in [5, 5.41) is 12.6. The standard InChI is InChI=1S/C16H17N5OS/c1-21-7-3-6-14(21)13-9-23-16(18-13)19-15(22)10-4-2-5-12-11(10)8-17-20-12/h3,6-10H,2,4-5H2,1H3,(H,17,20)(H,18,19,22)/t10-/m0/s1. The number of carbonyl (C=O) groups excluding carboxylic acids is 1. The minimum absolute atomic E-state index is 0.000121. The molecule has 6 nitrogen and oxygen atoms in total. The van der Waals surface area contributed by atoms with Crippen molar-refractivity contribution in [3.05, 3.63) is 41.2 Å². The number of aromatic nitrogens is 4. The highest BCUT2D eigenvalue weighted by atomic mass is 32.1. The van der Waals surface area contributed by atoms with Gasteiger partial charge >= 0.3 is 0 Å². The van der Waals surface area contributed by atoms with Gasteiger partial charge in [0.25, 0.3) is 0 Å². The predicted molar refractivity (Wildman–Crippen MR) is 89.4 cm³/mol. The SMILES string of the molecule is Cn1cccc1-c1csc(NC(=O)[C@H]2CCCc3[nH]ncc32)n1. The number of rotatable bonds is 3. The molecular formula is C16H17N5OS. The molecule has 0 spiro atoms. The first-order valence-electron chi connectivity index (χ1n) is 7.62. The first-order chi connectivity index (χ1) is 11.2. The molecule has 4 rings (SSSR count). The fraction of sp³-hybridized carbons (Fsp3) is 0.312. The summed E-state index contributed by atoms with van der Waals surface area (Å²) in [6.07, 6.45) is 6.58. The summed E-state index contributed by atoms with van der Waals surface area (Å²) in [6, 6.07) is 3.99. The largest absolute Gasteiger partial charge is 0.349 e. The molecule has 3 aromatic rings. The van der Waals surface area contributed by atoms with Gasteiger partial charge in [0.15, 0.2) is 5.13 Å².